The van der Waals surface area contributed by atoms with Gasteiger partial charge in [-0.05, 0) is 20.3 Å². The van der Waals surface area contributed by atoms with E-state index in [4.69, 9.17) is 10.2 Å². The first kappa shape index (κ1) is 8.66. The van der Waals surface area contributed by atoms with E-state index in [-0.39, 0.29) is 6.61 Å². The second kappa shape index (κ2) is 3.64. The van der Waals surface area contributed by atoms with Crippen LogP contribution in [0.25, 0.3) is 0 Å². The molecule has 0 aromatic heterocycles. The molecule has 0 heterocycles. The highest BCUT2D eigenvalue weighted by Crippen LogP contribution is 2.07. The molecule has 0 aliphatic carbocycles. The summed E-state index contributed by atoms with van der Waals surface area (Å²) in [6.45, 7) is 4.82. The first-order valence-corrected chi connectivity index (χ1v) is 2.90. The first-order chi connectivity index (χ1) is 4.12. The van der Waals surface area contributed by atoms with Crippen molar-refractivity contribution >= 4 is 0 Å². The molecule has 0 fully saturated rings. The third-order valence-electron chi connectivity index (χ3n) is 1.06. The van der Waals surface area contributed by atoms with Crippen LogP contribution in [0.5, 0.6) is 0 Å². The summed E-state index contributed by atoms with van der Waals surface area (Å²) >= 11 is 0. The van der Waals surface area contributed by atoms with E-state index in [1.807, 2.05) is 0 Å². The number of allylic oxidation sites excluding steroid dienone is 1. The quantitative estimate of drug-likeness (QED) is 0.583. The van der Waals surface area contributed by atoms with E-state index in [1.54, 1.807) is 19.1 Å². The molecule has 0 aromatic carbocycles. The molecule has 0 saturated carbocycles. The molecular formula is C7H13O2. The molecule has 0 bridgehead atoms. The third-order valence-corrected chi connectivity index (χ3v) is 1.06. The van der Waals surface area contributed by atoms with Gasteiger partial charge in [0.25, 0.3) is 0 Å². The maximum absolute atomic E-state index is 9.13. The molecule has 1 unspecified atom stereocenters. The molecule has 0 aliphatic rings. The van der Waals surface area contributed by atoms with Crippen molar-refractivity contribution in [2.24, 2.45) is 0 Å². The standard InChI is InChI=1S/C7H13O2/c1-3-4-5-7(2,9)6-8/h3-4,8-9H,1,5-6H2,2H3/b4-3+. The zero-order chi connectivity index (χ0) is 7.33. The summed E-state index contributed by atoms with van der Waals surface area (Å²) in [7, 11) is 0. The predicted molar refractivity (Wildman–Crippen MR) is 36.8 cm³/mol. The topological polar surface area (TPSA) is 40.5 Å². The van der Waals surface area contributed by atoms with Gasteiger partial charge >= 0.3 is 0 Å². The molecule has 2 heteroatoms. The van der Waals surface area contributed by atoms with Crippen LogP contribution in [0.3, 0.4) is 0 Å². The Bertz CT molecular complexity index is 95.1. The lowest BCUT2D eigenvalue weighted by atomic mass is 10.0. The zero-order valence-electron chi connectivity index (χ0n) is 5.67. The Balaban J connectivity index is 3.58. The van der Waals surface area contributed by atoms with E-state index in [0.717, 1.165) is 0 Å². The Labute approximate surface area is 55.8 Å². The molecule has 53 valence electrons. The van der Waals surface area contributed by atoms with Crippen LogP contribution in [0.4, 0.5) is 0 Å². The molecule has 0 rings (SSSR count). The average Bonchev–Trinajstić information content (AvgIpc) is 1.84. The summed E-state index contributed by atoms with van der Waals surface area (Å²) < 4.78 is 0. The predicted octanol–water partition coefficient (Wildman–Crippen LogP) is 0.510. The van der Waals surface area contributed by atoms with Crippen LogP contribution in [0.15, 0.2) is 12.2 Å². The van der Waals surface area contributed by atoms with Crippen molar-refractivity contribution in [1.29, 1.82) is 0 Å². The van der Waals surface area contributed by atoms with Gasteiger partial charge in [-0.15, -0.1) is 0 Å². The maximum atomic E-state index is 9.13. The van der Waals surface area contributed by atoms with E-state index in [9.17, 15) is 0 Å². The highest BCUT2D eigenvalue weighted by Gasteiger charge is 2.15. The lowest BCUT2D eigenvalue weighted by Crippen LogP contribution is -2.27. The number of aliphatic hydroxyl groups excluding tert-OH is 1. The minimum absolute atomic E-state index is 0.211. The Kier molecular flexibility index (Phi) is 3.50. The molecule has 1 radical (unpaired) electrons. The fourth-order valence-electron chi connectivity index (χ4n) is 0.402. The Hall–Kier alpha value is -0.340. The Morgan fingerprint density at radius 1 is 1.67 bits per heavy atom. The van der Waals surface area contributed by atoms with Gasteiger partial charge in [0.2, 0.25) is 0 Å². The van der Waals surface area contributed by atoms with Crippen LogP contribution in [-0.4, -0.2) is 22.4 Å². The molecule has 0 amide bonds. The van der Waals surface area contributed by atoms with Gasteiger partial charge in [-0.1, -0.05) is 12.2 Å². The monoisotopic (exact) mass is 129 g/mol. The van der Waals surface area contributed by atoms with Crippen LogP contribution in [-0.2, 0) is 0 Å². The highest BCUT2D eigenvalue weighted by molar-refractivity contribution is 4.90. The van der Waals surface area contributed by atoms with Gasteiger partial charge < -0.3 is 10.2 Å². The van der Waals surface area contributed by atoms with Gasteiger partial charge in [-0.2, -0.15) is 0 Å². The fraction of sp³-hybridized carbons (Fsp3) is 0.571. The Morgan fingerprint density at radius 3 is 2.56 bits per heavy atom. The largest absolute Gasteiger partial charge is 0.393 e. The lowest BCUT2D eigenvalue weighted by Gasteiger charge is -2.16. The van der Waals surface area contributed by atoms with Crippen molar-refractivity contribution in [2.75, 3.05) is 6.61 Å². The SMILES string of the molecule is [CH2]/C=C/CC(C)(O)CO. The second-order valence-corrected chi connectivity index (χ2v) is 2.33. The van der Waals surface area contributed by atoms with Crippen molar-refractivity contribution in [3.63, 3.8) is 0 Å². The van der Waals surface area contributed by atoms with Gasteiger partial charge in [-0.25, -0.2) is 0 Å². The van der Waals surface area contributed by atoms with Crippen LogP contribution in [0.2, 0.25) is 0 Å². The van der Waals surface area contributed by atoms with E-state index in [1.165, 1.54) is 0 Å². The third kappa shape index (κ3) is 4.18. The second-order valence-electron chi connectivity index (χ2n) is 2.33. The van der Waals surface area contributed by atoms with Gasteiger partial charge in [0.05, 0.1) is 12.2 Å². The summed E-state index contributed by atoms with van der Waals surface area (Å²) in [4.78, 5) is 0. The number of hydrogen-bond acceptors (Lipinski definition) is 2. The molecule has 1 atom stereocenters. The molecule has 0 spiro atoms. The maximum Gasteiger partial charge on any atom is 0.0883 e. The normalized spacial score (nSPS) is 18.2. The van der Waals surface area contributed by atoms with Crippen LogP contribution < -0.4 is 0 Å². The number of rotatable bonds is 3. The summed E-state index contributed by atoms with van der Waals surface area (Å²) in [6.07, 6.45) is 3.77. The smallest absolute Gasteiger partial charge is 0.0883 e. The molecule has 0 aliphatic heterocycles. The molecule has 0 aromatic rings. The molecule has 0 saturated heterocycles. The van der Waals surface area contributed by atoms with Crippen LogP contribution in [0.1, 0.15) is 13.3 Å². The Morgan fingerprint density at radius 2 is 2.22 bits per heavy atom. The van der Waals surface area contributed by atoms with Gasteiger partial charge in [0.1, 0.15) is 0 Å². The van der Waals surface area contributed by atoms with Gasteiger partial charge in [-0.3, -0.25) is 0 Å². The summed E-state index contributed by atoms with van der Waals surface area (Å²) in [6, 6.07) is 0. The van der Waals surface area contributed by atoms with Gasteiger partial charge in [0, 0.05) is 0 Å². The van der Waals surface area contributed by atoms with Crippen molar-refractivity contribution < 1.29 is 10.2 Å². The van der Waals surface area contributed by atoms with Crippen molar-refractivity contribution in [3.05, 3.63) is 19.1 Å². The zero-order valence-corrected chi connectivity index (χ0v) is 5.67. The van der Waals surface area contributed by atoms with E-state index < -0.39 is 5.60 Å². The minimum atomic E-state index is -0.978. The lowest BCUT2D eigenvalue weighted by molar-refractivity contribution is 0.00452. The van der Waals surface area contributed by atoms with E-state index >= 15 is 0 Å². The highest BCUT2D eigenvalue weighted by atomic mass is 16.3. The number of aliphatic hydroxyl groups is 2. The van der Waals surface area contributed by atoms with Crippen molar-refractivity contribution in [2.45, 2.75) is 18.9 Å². The van der Waals surface area contributed by atoms with Crippen LogP contribution >= 0.6 is 0 Å². The minimum Gasteiger partial charge on any atom is -0.393 e. The van der Waals surface area contributed by atoms with E-state index in [2.05, 4.69) is 6.92 Å². The van der Waals surface area contributed by atoms with Crippen molar-refractivity contribution in [3.8, 4) is 0 Å². The first-order valence-electron chi connectivity index (χ1n) is 2.90. The van der Waals surface area contributed by atoms with Crippen molar-refractivity contribution in [1.82, 2.24) is 0 Å². The number of hydrogen-bond donors (Lipinski definition) is 2. The van der Waals surface area contributed by atoms with Crippen LogP contribution in [0, 0.1) is 6.92 Å². The average molecular weight is 129 g/mol. The van der Waals surface area contributed by atoms with Gasteiger partial charge in [0.15, 0.2) is 0 Å². The summed E-state index contributed by atoms with van der Waals surface area (Å²) in [5.74, 6) is 0. The molecule has 9 heavy (non-hydrogen) atoms. The molecule has 2 N–H and O–H groups in total. The summed E-state index contributed by atoms with van der Waals surface area (Å²) in [5.41, 5.74) is -0.978. The summed E-state index contributed by atoms with van der Waals surface area (Å²) in [5, 5.41) is 17.6. The van der Waals surface area contributed by atoms with E-state index in [0.29, 0.717) is 6.42 Å². The molecular weight excluding hydrogens is 116 g/mol. The fourth-order valence-corrected chi connectivity index (χ4v) is 0.402. The molecule has 2 nitrogen and oxygen atoms in total.